The van der Waals surface area contributed by atoms with Gasteiger partial charge in [-0.3, -0.25) is 14.6 Å². The van der Waals surface area contributed by atoms with Crippen molar-refractivity contribution in [2.24, 2.45) is 5.73 Å². The van der Waals surface area contributed by atoms with E-state index in [0.717, 1.165) is 12.0 Å². The lowest BCUT2D eigenvalue weighted by Crippen LogP contribution is -2.35. The maximum absolute atomic E-state index is 12.1. The fourth-order valence-corrected chi connectivity index (χ4v) is 2.78. The third kappa shape index (κ3) is 4.65. The molecule has 0 spiro atoms. The van der Waals surface area contributed by atoms with Crippen molar-refractivity contribution in [3.8, 4) is 0 Å². The Balaban J connectivity index is 1.49. The molecular formula is C19H22N4O3. The molecule has 1 aromatic carbocycles. The lowest BCUT2D eigenvalue weighted by Gasteiger charge is -2.13. The molecule has 4 N–H and O–H groups in total. The van der Waals surface area contributed by atoms with Gasteiger partial charge in [0.2, 0.25) is 5.91 Å². The first-order valence-corrected chi connectivity index (χ1v) is 8.59. The first kappa shape index (κ1) is 18.0. The van der Waals surface area contributed by atoms with Gasteiger partial charge in [0.05, 0.1) is 11.7 Å². The van der Waals surface area contributed by atoms with Crippen molar-refractivity contribution in [3.05, 3.63) is 59.9 Å². The van der Waals surface area contributed by atoms with Crippen LogP contribution in [0, 0.1) is 0 Å². The molecule has 2 atom stereocenters. The van der Waals surface area contributed by atoms with Crippen LogP contribution in [0.2, 0.25) is 0 Å². The van der Waals surface area contributed by atoms with Crippen molar-refractivity contribution in [1.82, 2.24) is 10.3 Å². The van der Waals surface area contributed by atoms with Crippen molar-refractivity contribution in [1.29, 1.82) is 0 Å². The Bertz CT molecular complexity index is 749. The monoisotopic (exact) mass is 354 g/mol. The summed E-state index contributed by atoms with van der Waals surface area (Å²) in [5.41, 5.74) is 7.67. The molecular weight excluding hydrogens is 332 g/mol. The number of hydrogen-bond donors (Lipinski definition) is 3. The van der Waals surface area contributed by atoms with Crippen LogP contribution in [0.5, 0.6) is 0 Å². The van der Waals surface area contributed by atoms with Gasteiger partial charge in [-0.25, -0.2) is 0 Å². The quantitative estimate of drug-likeness (QED) is 0.728. The average Bonchev–Trinajstić information content (AvgIpc) is 3.17. The third-order valence-electron chi connectivity index (χ3n) is 4.27. The van der Waals surface area contributed by atoms with Crippen LogP contribution >= 0.6 is 0 Å². The molecule has 2 heterocycles. The number of amides is 2. The minimum atomic E-state index is -0.415. The standard InChI is InChI=1S/C19H22N4O3/c20-10-16-7-8-17(26-16)19(25)22-11-13-3-5-15(6-4-13)23-18(24)14-2-1-9-21-12-14/h1-6,9,12,16-17H,7-8,10-11,20H2,(H,22,25)(H,23,24)/t16-,17+/m1/s1. The molecule has 0 unspecified atom stereocenters. The Morgan fingerprint density at radius 2 is 2.00 bits per heavy atom. The molecule has 0 radical (unpaired) electrons. The number of carbonyl (C=O) groups excluding carboxylic acids is 2. The molecule has 7 heteroatoms. The number of benzene rings is 1. The van der Waals surface area contributed by atoms with E-state index in [4.69, 9.17) is 10.5 Å². The summed E-state index contributed by atoms with van der Waals surface area (Å²) in [5.74, 6) is -0.332. The number of nitrogens with zero attached hydrogens (tertiary/aromatic N) is 1. The summed E-state index contributed by atoms with van der Waals surface area (Å²) < 4.78 is 5.58. The second kappa shape index (κ2) is 8.55. The average molecular weight is 354 g/mol. The minimum Gasteiger partial charge on any atom is -0.364 e. The summed E-state index contributed by atoms with van der Waals surface area (Å²) in [6.45, 7) is 0.846. The SMILES string of the molecule is NC[C@H]1CC[C@@H](C(=O)NCc2ccc(NC(=O)c3cccnc3)cc2)O1. The number of anilines is 1. The van der Waals surface area contributed by atoms with E-state index in [1.165, 1.54) is 6.20 Å². The summed E-state index contributed by atoms with van der Waals surface area (Å²) in [5, 5.41) is 5.68. The third-order valence-corrected chi connectivity index (χ3v) is 4.27. The van der Waals surface area contributed by atoms with Crippen molar-refractivity contribution < 1.29 is 14.3 Å². The predicted octanol–water partition coefficient (Wildman–Crippen LogP) is 1.46. The number of ether oxygens (including phenoxy) is 1. The van der Waals surface area contributed by atoms with E-state index in [2.05, 4.69) is 15.6 Å². The van der Waals surface area contributed by atoms with Crippen molar-refractivity contribution in [3.63, 3.8) is 0 Å². The van der Waals surface area contributed by atoms with E-state index in [1.54, 1.807) is 30.5 Å². The Kier molecular flexibility index (Phi) is 5.93. The molecule has 0 saturated carbocycles. The molecule has 26 heavy (non-hydrogen) atoms. The largest absolute Gasteiger partial charge is 0.364 e. The Morgan fingerprint density at radius 1 is 1.19 bits per heavy atom. The van der Waals surface area contributed by atoms with Crippen molar-refractivity contribution in [2.75, 3.05) is 11.9 Å². The van der Waals surface area contributed by atoms with Gasteiger partial charge in [0.25, 0.3) is 5.91 Å². The summed E-state index contributed by atoms with van der Waals surface area (Å²) >= 11 is 0. The number of nitrogens with two attached hydrogens (primary N) is 1. The fraction of sp³-hybridized carbons (Fsp3) is 0.316. The molecule has 0 bridgehead atoms. The molecule has 1 aliphatic heterocycles. The van der Waals surface area contributed by atoms with E-state index in [1.807, 2.05) is 12.1 Å². The molecule has 1 aromatic heterocycles. The van der Waals surface area contributed by atoms with Gasteiger partial charge in [0, 0.05) is 31.2 Å². The second-order valence-corrected chi connectivity index (χ2v) is 6.17. The molecule has 2 aromatic rings. The van der Waals surface area contributed by atoms with Crippen LogP contribution in [-0.4, -0.2) is 35.6 Å². The zero-order valence-corrected chi connectivity index (χ0v) is 14.4. The molecule has 1 fully saturated rings. The maximum Gasteiger partial charge on any atom is 0.257 e. The van der Waals surface area contributed by atoms with Gasteiger partial charge >= 0.3 is 0 Å². The van der Waals surface area contributed by atoms with Crippen LogP contribution in [0.4, 0.5) is 5.69 Å². The highest BCUT2D eigenvalue weighted by Gasteiger charge is 2.29. The summed E-state index contributed by atoms with van der Waals surface area (Å²) in [6, 6.07) is 10.7. The van der Waals surface area contributed by atoms with Crippen LogP contribution in [0.1, 0.15) is 28.8 Å². The number of rotatable bonds is 6. The van der Waals surface area contributed by atoms with Crippen molar-refractivity contribution >= 4 is 17.5 Å². The number of carbonyl (C=O) groups is 2. The van der Waals surface area contributed by atoms with E-state index < -0.39 is 6.10 Å². The van der Waals surface area contributed by atoms with Crippen molar-refractivity contribution in [2.45, 2.75) is 31.6 Å². The molecule has 3 rings (SSSR count). The van der Waals surface area contributed by atoms with E-state index in [9.17, 15) is 9.59 Å². The Hall–Kier alpha value is -2.77. The van der Waals surface area contributed by atoms with Crippen LogP contribution < -0.4 is 16.4 Å². The number of hydrogen-bond acceptors (Lipinski definition) is 5. The number of aromatic nitrogens is 1. The molecule has 0 aliphatic carbocycles. The smallest absolute Gasteiger partial charge is 0.257 e. The Morgan fingerprint density at radius 3 is 2.65 bits per heavy atom. The zero-order chi connectivity index (χ0) is 18.4. The van der Waals surface area contributed by atoms with Gasteiger partial charge in [-0.1, -0.05) is 12.1 Å². The molecule has 2 amide bonds. The van der Waals surface area contributed by atoms with Crippen LogP contribution in [0.3, 0.4) is 0 Å². The summed E-state index contributed by atoms with van der Waals surface area (Å²) in [6.07, 6.45) is 4.22. The van der Waals surface area contributed by atoms with Gasteiger partial charge in [0.15, 0.2) is 0 Å². The lowest BCUT2D eigenvalue weighted by molar-refractivity contribution is -0.132. The van der Waals surface area contributed by atoms with E-state index >= 15 is 0 Å². The summed E-state index contributed by atoms with van der Waals surface area (Å²) in [7, 11) is 0. The molecule has 1 aliphatic rings. The topological polar surface area (TPSA) is 106 Å². The number of pyridine rings is 1. The van der Waals surface area contributed by atoms with Gasteiger partial charge in [-0.15, -0.1) is 0 Å². The van der Waals surface area contributed by atoms with Gasteiger partial charge in [0.1, 0.15) is 6.10 Å². The van der Waals surface area contributed by atoms with Crippen LogP contribution in [0.15, 0.2) is 48.8 Å². The molecule has 1 saturated heterocycles. The highest BCUT2D eigenvalue weighted by atomic mass is 16.5. The van der Waals surface area contributed by atoms with E-state index in [0.29, 0.717) is 30.8 Å². The zero-order valence-electron chi connectivity index (χ0n) is 14.4. The first-order chi connectivity index (χ1) is 12.7. The predicted molar refractivity (Wildman–Crippen MR) is 97.4 cm³/mol. The lowest BCUT2D eigenvalue weighted by atomic mass is 10.1. The molecule has 136 valence electrons. The van der Waals surface area contributed by atoms with Crippen LogP contribution in [0.25, 0.3) is 0 Å². The second-order valence-electron chi connectivity index (χ2n) is 6.17. The molecule has 7 nitrogen and oxygen atoms in total. The van der Waals surface area contributed by atoms with E-state index in [-0.39, 0.29) is 17.9 Å². The highest BCUT2D eigenvalue weighted by molar-refractivity contribution is 6.04. The van der Waals surface area contributed by atoms with Gasteiger partial charge in [-0.2, -0.15) is 0 Å². The number of nitrogens with one attached hydrogen (secondary N) is 2. The normalized spacial score (nSPS) is 19.1. The Labute approximate surface area is 151 Å². The summed E-state index contributed by atoms with van der Waals surface area (Å²) in [4.78, 5) is 28.1. The van der Waals surface area contributed by atoms with Gasteiger partial charge in [-0.05, 0) is 42.7 Å². The highest BCUT2D eigenvalue weighted by Crippen LogP contribution is 2.19. The fourth-order valence-electron chi connectivity index (χ4n) is 2.78. The minimum absolute atomic E-state index is 0.0199. The maximum atomic E-state index is 12.1. The van der Waals surface area contributed by atoms with Gasteiger partial charge < -0.3 is 21.1 Å². The van der Waals surface area contributed by atoms with Crippen LogP contribution in [-0.2, 0) is 16.1 Å². The first-order valence-electron chi connectivity index (χ1n) is 8.59.